The summed E-state index contributed by atoms with van der Waals surface area (Å²) in [4.78, 5) is 34.7. The maximum absolute atomic E-state index is 13.5. The Bertz CT molecular complexity index is 640. The van der Waals surface area contributed by atoms with E-state index in [0.717, 1.165) is 12.1 Å². The smallest absolute Gasteiger partial charge is 0.408 e. The number of carbonyl (C=O) groups is 3. The Labute approximate surface area is 137 Å². The number of carboxylic acids is 1. The van der Waals surface area contributed by atoms with Crippen LogP contribution in [0.2, 0.25) is 0 Å². The van der Waals surface area contributed by atoms with E-state index in [1.165, 1.54) is 0 Å². The van der Waals surface area contributed by atoms with Gasteiger partial charge in [-0.15, -0.1) is 0 Å². The minimum absolute atomic E-state index is 0.260. The van der Waals surface area contributed by atoms with Crippen LogP contribution < -0.4 is 5.32 Å². The third-order valence-electron chi connectivity index (χ3n) is 2.88. The van der Waals surface area contributed by atoms with Gasteiger partial charge in [0.15, 0.2) is 5.78 Å². The lowest BCUT2D eigenvalue weighted by Gasteiger charge is -2.21. The van der Waals surface area contributed by atoms with Crippen molar-refractivity contribution in [2.24, 2.45) is 0 Å². The molecule has 0 unspecified atom stereocenters. The average Bonchev–Trinajstić information content (AvgIpc) is 2.40. The van der Waals surface area contributed by atoms with Crippen LogP contribution in [0, 0.1) is 11.6 Å². The molecule has 0 spiro atoms. The van der Waals surface area contributed by atoms with Crippen molar-refractivity contribution in [1.82, 2.24) is 5.32 Å². The number of rotatable bonds is 6. The topological polar surface area (TPSA) is 92.7 Å². The number of halogens is 2. The molecule has 0 saturated heterocycles. The first-order valence-electron chi connectivity index (χ1n) is 7.20. The molecule has 1 amide bonds. The number of carbonyl (C=O) groups excluding carboxylic acids is 2. The summed E-state index contributed by atoms with van der Waals surface area (Å²) < 4.78 is 31.3. The van der Waals surface area contributed by atoms with Gasteiger partial charge in [0.2, 0.25) is 0 Å². The molecule has 0 radical (unpaired) electrons. The zero-order chi connectivity index (χ0) is 18.5. The minimum Gasteiger partial charge on any atom is -0.480 e. The van der Waals surface area contributed by atoms with Crippen molar-refractivity contribution in [3.63, 3.8) is 0 Å². The van der Waals surface area contributed by atoms with Crippen LogP contribution in [0.15, 0.2) is 18.2 Å². The van der Waals surface area contributed by atoms with Gasteiger partial charge in [-0.05, 0) is 39.3 Å². The lowest BCUT2D eigenvalue weighted by Crippen LogP contribution is -2.43. The number of nitrogens with one attached hydrogen (secondary N) is 1. The minimum atomic E-state index is -1.37. The van der Waals surface area contributed by atoms with Gasteiger partial charge in [-0.2, -0.15) is 0 Å². The Kier molecular flexibility index (Phi) is 6.39. The first kappa shape index (κ1) is 19.5. The van der Waals surface area contributed by atoms with Crippen molar-refractivity contribution >= 4 is 17.8 Å². The van der Waals surface area contributed by atoms with E-state index in [0.29, 0.717) is 6.07 Å². The van der Waals surface area contributed by atoms with Crippen LogP contribution in [0.25, 0.3) is 0 Å². The third-order valence-corrected chi connectivity index (χ3v) is 2.88. The first-order valence-corrected chi connectivity index (χ1v) is 7.20. The van der Waals surface area contributed by atoms with Gasteiger partial charge in [0.05, 0.1) is 5.56 Å². The van der Waals surface area contributed by atoms with Gasteiger partial charge in [-0.3, -0.25) is 4.79 Å². The van der Waals surface area contributed by atoms with E-state index in [-0.39, 0.29) is 18.4 Å². The predicted molar refractivity (Wildman–Crippen MR) is 80.7 cm³/mol. The molecule has 1 aromatic rings. The Balaban J connectivity index is 2.68. The van der Waals surface area contributed by atoms with Gasteiger partial charge in [0.1, 0.15) is 23.3 Å². The van der Waals surface area contributed by atoms with Gasteiger partial charge in [0.25, 0.3) is 0 Å². The highest BCUT2D eigenvalue weighted by molar-refractivity contribution is 5.96. The summed E-state index contributed by atoms with van der Waals surface area (Å²) in [5.41, 5.74) is -1.14. The number of aliphatic carboxylic acids is 1. The van der Waals surface area contributed by atoms with Gasteiger partial charge < -0.3 is 15.2 Å². The predicted octanol–water partition coefficient (Wildman–Crippen LogP) is 2.91. The summed E-state index contributed by atoms with van der Waals surface area (Å²) in [6.07, 6.45) is -1.53. The second kappa shape index (κ2) is 7.85. The number of carboxylic acid groups (broad SMARTS) is 1. The zero-order valence-corrected chi connectivity index (χ0v) is 13.6. The van der Waals surface area contributed by atoms with E-state index in [4.69, 9.17) is 9.84 Å². The summed E-state index contributed by atoms with van der Waals surface area (Å²) in [5, 5.41) is 11.2. The van der Waals surface area contributed by atoms with Gasteiger partial charge in [0, 0.05) is 12.5 Å². The molecule has 0 aliphatic heterocycles. The molecule has 0 fully saturated rings. The van der Waals surface area contributed by atoms with Crippen LogP contribution >= 0.6 is 0 Å². The molecule has 0 saturated carbocycles. The molecule has 8 heteroatoms. The Morgan fingerprint density at radius 3 is 2.38 bits per heavy atom. The number of alkyl carbamates (subject to hydrolysis) is 1. The number of benzene rings is 1. The van der Waals surface area contributed by atoms with Crippen LogP contribution in [0.1, 0.15) is 44.0 Å². The quantitative estimate of drug-likeness (QED) is 0.775. The van der Waals surface area contributed by atoms with E-state index >= 15 is 0 Å². The van der Waals surface area contributed by atoms with Crippen LogP contribution in [0.5, 0.6) is 0 Å². The van der Waals surface area contributed by atoms with E-state index in [1.807, 2.05) is 0 Å². The molecule has 6 nitrogen and oxygen atoms in total. The van der Waals surface area contributed by atoms with Gasteiger partial charge >= 0.3 is 12.1 Å². The van der Waals surface area contributed by atoms with Crippen LogP contribution in [-0.4, -0.2) is 34.6 Å². The largest absolute Gasteiger partial charge is 0.480 e. The molecular formula is C16H19F2NO5. The lowest BCUT2D eigenvalue weighted by atomic mass is 10.0. The standard InChI is InChI=1S/C16H19F2NO5/c1-16(2,3)24-15(23)19-12(14(21)22)6-7-13(20)10-5-4-9(17)8-11(10)18/h4-5,8,12H,6-7H2,1-3H3,(H,19,23)(H,21,22)/t12-/m1/s1. The summed E-state index contributed by atoms with van der Waals surface area (Å²) in [5.74, 6) is -3.89. The number of Topliss-reactive ketones (excluding diaryl/α,β-unsaturated/α-hetero) is 1. The molecule has 1 aromatic carbocycles. The highest BCUT2D eigenvalue weighted by Gasteiger charge is 2.25. The summed E-state index contributed by atoms with van der Waals surface area (Å²) >= 11 is 0. The highest BCUT2D eigenvalue weighted by Crippen LogP contribution is 2.14. The average molecular weight is 343 g/mol. The number of amides is 1. The molecule has 0 aliphatic carbocycles. The lowest BCUT2D eigenvalue weighted by molar-refractivity contribution is -0.139. The van der Waals surface area contributed by atoms with Gasteiger partial charge in [-0.25, -0.2) is 18.4 Å². The molecule has 2 N–H and O–H groups in total. The maximum atomic E-state index is 13.5. The second-order valence-electron chi connectivity index (χ2n) is 6.12. The SMILES string of the molecule is CC(C)(C)OC(=O)N[C@H](CCC(=O)c1ccc(F)cc1F)C(=O)O. The van der Waals surface area contributed by atoms with Crippen molar-refractivity contribution in [2.75, 3.05) is 0 Å². The molecule has 24 heavy (non-hydrogen) atoms. The Morgan fingerprint density at radius 2 is 1.88 bits per heavy atom. The molecule has 0 bridgehead atoms. The number of ketones is 1. The number of ether oxygens (including phenoxy) is 1. The molecular weight excluding hydrogens is 324 g/mol. The molecule has 132 valence electrons. The molecule has 1 rings (SSSR count). The van der Waals surface area contributed by atoms with Crippen molar-refractivity contribution in [1.29, 1.82) is 0 Å². The van der Waals surface area contributed by atoms with Crippen LogP contribution in [0.3, 0.4) is 0 Å². The molecule has 0 heterocycles. The van der Waals surface area contributed by atoms with E-state index in [9.17, 15) is 23.2 Å². The van der Waals surface area contributed by atoms with Gasteiger partial charge in [-0.1, -0.05) is 0 Å². The number of hydrogen-bond acceptors (Lipinski definition) is 4. The molecule has 1 atom stereocenters. The first-order chi connectivity index (χ1) is 11.0. The second-order valence-corrected chi connectivity index (χ2v) is 6.12. The highest BCUT2D eigenvalue weighted by atomic mass is 19.1. The normalized spacial score (nSPS) is 12.4. The fraction of sp³-hybridized carbons (Fsp3) is 0.438. The van der Waals surface area contributed by atoms with Crippen molar-refractivity contribution in [3.8, 4) is 0 Å². The van der Waals surface area contributed by atoms with Crippen molar-refractivity contribution < 1.29 is 33.0 Å². The molecule has 0 aromatic heterocycles. The monoisotopic (exact) mass is 343 g/mol. The fourth-order valence-corrected chi connectivity index (χ4v) is 1.83. The summed E-state index contributed by atoms with van der Waals surface area (Å²) in [6, 6.07) is 1.13. The number of hydrogen-bond donors (Lipinski definition) is 2. The maximum Gasteiger partial charge on any atom is 0.408 e. The van der Waals surface area contributed by atoms with E-state index in [1.54, 1.807) is 20.8 Å². The van der Waals surface area contributed by atoms with Crippen LogP contribution in [0.4, 0.5) is 13.6 Å². The molecule has 0 aliphatic rings. The Morgan fingerprint density at radius 1 is 1.25 bits per heavy atom. The van der Waals surface area contributed by atoms with Crippen molar-refractivity contribution in [2.45, 2.75) is 45.3 Å². The summed E-state index contributed by atoms with van der Waals surface area (Å²) in [6.45, 7) is 4.84. The summed E-state index contributed by atoms with van der Waals surface area (Å²) in [7, 11) is 0. The van der Waals surface area contributed by atoms with E-state index < -0.39 is 41.1 Å². The zero-order valence-electron chi connectivity index (χ0n) is 13.6. The fourth-order valence-electron chi connectivity index (χ4n) is 1.83. The van der Waals surface area contributed by atoms with E-state index in [2.05, 4.69) is 5.32 Å². The third kappa shape index (κ3) is 6.31. The van der Waals surface area contributed by atoms with Crippen LogP contribution in [-0.2, 0) is 9.53 Å². The Hall–Kier alpha value is -2.51. The van der Waals surface area contributed by atoms with Crippen molar-refractivity contribution in [3.05, 3.63) is 35.4 Å².